The van der Waals surface area contributed by atoms with Crippen LogP contribution in [-0.2, 0) is 11.2 Å². The van der Waals surface area contributed by atoms with Gasteiger partial charge in [0.15, 0.2) is 0 Å². The van der Waals surface area contributed by atoms with Gasteiger partial charge >= 0.3 is 0 Å². The van der Waals surface area contributed by atoms with Crippen molar-refractivity contribution in [2.24, 2.45) is 0 Å². The molecule has 1 N–H and O–H groups in total. The van der Waals surface area contributed by atoms with E-state index in [0.717, 1.165) is 25.9 Å². The van der Waals surface area contributed by atoms with E-state index in [2.05, 4.69) is 49.5 Å². The predicted octanol–water partition coefficient (Wildman–Crippen LogP) is 2.39. The molecule has 1 aliphatic heterocycles. The Morgan fingerprint density at radius 2 is 2.12 bits per heavy atom. The standard InChI is InChI=1S/C14H21NO/c1-3-13-10-15-11-14(2,16-13)9-12-7-5-4-6-8-12/h4-8,13,15H,3,9-11H2,1-2H3. The molecule has 0 aliphatic carbocycles. The van der Waals surface area contributed by atoms with Crippen molar-refractivity contribution in [1.82, 2.24) is 5.32 Å². The van der Waals surface area contributed by atoms with Crippen LogP contribution in [0.15, 0.2) is 30.3 Å². The van der Waals surface area contributed by atoms with Gasteiger partial charge in [0.2, 0.25) is 0 Å². The molecule has 1 aliphatic rings. The Labute approximate surface area is 98.0 Å². The van der Waals surface area contributed by atoms with Gasteiger partial charge in [0.1, 0.15) is 0 Å². The van der Waals surface area contributed by atoms with Crippen LogP contribution in [0.3, 0.4) is 0 Å². The number of hydrogen-bond acceptors (Lipinski definition) is 2. The molecule has 2 atom stereocenters. The van der Waals surface area contributed by atoms with E-state index in [0.29, 0.717) is 6.10 Å². The molecule has 1 saturated heterocycles. The second-order valence-corrected chi connectivity index (χ2v) is 4.89. The topological polar surface area (TPSA) is 21.3 Å². The summed E-state index contributed by atoms with van der Waals surface area (Å²) in [5.41, 5.74) is 1.30. The molecular formula is C14H21NO. The Morgan fingerprint density at radius 3 is 2.81 bits per heavy atom. The van der Waals surface area contributed by atoms with Gasteiger partial charge in [-0.25, -0.2) is 0 Å². The third kappa shape index (κ3) is 2.83. The van der Waals surface area contributed by atoms with Crippen LogP contribution in [0.5, 0.6) is 0 Å². The van der Waals surface area contributed by atoms with Crippen LogP contribution in [-0.4, -0.2) is 24.8 Å². The van der Waals surface area contributed by atoms with Gasteiger partial charge in [-0.3, -0.25) is 0 Å². The average molecular weight is 219 g/mol. The number of benzene rings is 1. The summed E-state index contributed by atoms with van der Waals surface area (Å²) in [5, 5.41) is 3.47. The van der Waals surface area contributed by atoms with Crippen LogP contribution in [0.1, 0.15) is 25.8 Å². The molecule has 0 aromatic heterocycles. The fourth-order valence-corrected chi connectivity index (χ4v) is 2.34. The largest absolute Gasteiger partial charge is 0.369 e. The van der Waals surface area contributed by atoms with Gasteiger partial charge in [0, 0.05) is 19.5 Å². The van der Waals surface area contributed by atoms with Gasteiger partial charge in [-0.2, -0.15) is 0 Å². The second-order valence-electron chi connectivity index (χ2n) is 4.89. The van der Waals surface area contributed by atoms with Gasteiger partial charge in [0.25, 0.3) is 0 Å². The third-order valence-electron chi connectivity index (χ3n) is 3.20. The molecule has 0 saturated carbocycles. The molecule has 0 amide bonds. The molecule has 1 aromatic rings. The summed E-state index contributed by atoms with van der Waals surface area (Å²) in [4.78, 5) is 0. The molecule has 2 rings (SSSR count). The average Bonchev–Trinajstić information content (AvgIpc) is 2.29. The maximum absolute atomic E-state index is 6.16. The van der Waals surface area contributed by atoms with E-state index < -0.39 is 0 Å². The molecule has 0 bridgehead atoms. The van der Waals surface area contributed by atoms with Crippen LogP contribution in [0, 0.1) is 0 Å². The van der Waals surface area contributed by atoms with E-state index in [1.165, 1.54) is 5.56 Å². The van der Waals surface area contributed by atoms with E-state index >= 15 is 0 Å². The van der Waals surface area contributed by atoms with Crippen molar-refractivity contribution in [1.29, 1.82) is 0 Å². The quantitative estimate of drug-likeness (QED) is 0.843. The van der Waals surface area contributed by atoms with Crippen molar-refractivity contribution in [2.45, 2.75) is 38.4 Å². The van der Waals surface area contributed by atoms with E-state index in [1.807, 2.05) is 0 Å². The third-order valence-corrected chi connectivity index (χ3v) is 3.20. The first-order chi connectivity index (χ1) is 7.72. The summed E-state index contributed by atoms with van der Waals surface area (Å²) >= 11 is 0. The fourth-order valence-electron chi connectivity index (χ4n) is 2.34. The van der Waals surface area contributed by atoms with Gasteiger partial charge in [-0.1, -0.05) is 37.3 Å². The van der Waals surface area contributed by atoms with Gasteiger partial charge in [-0.15, -0.1) is 0 Å². The Bertz CT molecular complexity index is 325. The van der Waals surface area contributed by atoms with Crippen LogP contribution < -0.4 is 5.32 Å². The number of rotatable bonds is 3. The molecule has 2 nitrogen and oxygen atoms in total. The zero-order chi connectivity index (χ0) is 11.4. The van der Waals surface area contributed by atoms with E-state index in [1.54, 1.807) is 0 Å². The molecule has 16 heavy (non-hydrogen) atoms. The maximum Gasteiger partial charge on any atom is 0.0822 e. The van der Waals surface area contributed by atoms with E-state index in [-0.39, 0.29) is 5.60 Å². The molecule has 1 aromatic carbocycles. The molecule has 0 spiro atoms. The number of hydrogen-bond donors (Lipinski definition) is 1. The van der Waals surface area contributed by atoms with Crippen molar-refractivity contribution < 1.29 is 4.74 Å². The maximum atomic E-state index is 6.16. The zero-order valence-electron chi connectivity index (χ0n) is 10.2. The van der Waals surface area contributed by atoms with E-state index in [4.69, 9.17) is 4.74 Å². The lowest BCUT2D eigenvalue weighted by Crippen LogP contribution is -2.53. The highest BCUT2D eigenvalue weighted by Crippen LogP contribution is 2.22. The number of ether oxygens (including phenoxy) is 1. The van der Waals surface area contributed by atoms with Crippen LogP contribution in [0.4, 0.5) is 0 Å². The first kappa shape index (κ1) is 11.6. The van der Waals surface area contributed by atoms with Crippen molar-refractivity contribution in [3.63, 3.8) is 0 Å². The molecule has 2 unspecified atom stereocenters. The van der Waals surface area contributed by atoms with Crippen molar-refractivity contribution in [3.05, 3.63) is 35.9 Å². The van der Waals surface area contributed by atoms with Crippen LogP contribution in [0.25, 0.3) is 0 Å². The van der Waals surface area contributed by atoms with Crippen LogP contribution in [0.2, 0.25) is 0 Å². The predicted molar refractivity (Wildman–Crippen MR) is 66.6 cm³/mol. The highest BCUT2D eigenvalue weighted by atomic mass is 16.5. The smallest absolute Gasteiger partial charge is 0.0822 e. The molecule has 1 heterocycles. The van der Waals surface area contributed by atoms with Crippen LogP contribution >= 0.6 is 0 Å². The first-order valence-electron chi connectivity index (χ1n) is 6.14. The van der Waals surface area contributed by atoms with Crippen molar-refractivity contribution >= 4 is 0 Å². The lowest BCUT2D eigenvalue weighted by atomic mass is 9.94. The Hall–Kier alpha value is -0.860. The highest BCUT2D eigenvalue weighted by molar-refractivity contribution is 5.17. The normalized spacial score (nSPS) is 30.2. The summed E-state index contributed by atoms with van der Waals surface area (Å²) in [5.74, 6) is 0. The minimum absolute atomic E-state index is 0.0553. The SMILES string of the molecule is CCC1CNCC(C)(Cc2ccccc2)O1. The summed E-state index contributed by atoms with van der Waals surface area (Å²) in [6, 6.07) is 10.6. The minimum atomic E-state index is -0.0553. The Balaban J connectivity index is 2.02. The van der Waals surface area contributed by atoms with E-state index in [9.17, 15) is 0 Å². The lowest BCUT2D eigenvalue weighted by molar-refractivity contribution is -0.105. The lowest BCUT2D eigenvalue weighted by Gasteiger charge is -2.39. The molecule has 0 radical (unpaired) electrons. The second kappa shape index (κ2) is 4.98. The molecule has 1 fully saturated rings. The molecular weight excluding hydrogens is 198 g/mol. The summed E-state index contributed by atoms with van der Waals surface area (Å²) < 4.78 is 6.16. The minimum Gasteiger partial charge on any atom is -0.369 e. The Morgan fingerprint density at radius 1 is 1.38 bits per heavy atom. The zero-order valence-corrected chi connectivity index (χ0v) is 10.2. The van der Waals surface area contributed by atoms with Gasteiger partial charge in [0.05, 0.1) is 11.7 Å². The van der Waals surface area contributed by atoms with Gasteiger partial charge in [-0.05, 0) is 18.9 Å². The monoisotopic (exact) mass is 219 g/mol. The fraction of sp³-hybridized carbons (Fsp3) is 0.571. The Kier molecular flexibility index (Phi) is 3.62. The van der Waals surface area contributed by atoms with Gasteiger partial charge < -0.3 is 10.1 Å². The number of nitrogens with one attached hydrogen (secondary N) is 1. The van der Waals surface area contributed by atoms with Crippen molar-refractivity contribution in [3.8, 4) is 0 Å². The van der Waals surface area contributed by atoms with Crippen molar-refractivity contribution in [2.75, 3.05) is 13.1 Å². The number of morpholine rings is 1. The highest BCUT2D eigenvalue weighted by Gasteiger charge is 2.32. The first-order valence-corrected chi connectivity index (χ1v) is 6.14. The summed E-state index contributed by atoms with van der Waals surface area (Å²) in [6.07, 6.45) is 2.43. The molecule has 2 heteroatoms. The summed E-state index contributed by atoms with van der Waals surface area (Å²) in [7, 11) is 0. The summed E-state index contributed by atoms with van der Waals surface area (Å²) in [6.45, 7) is 6.31. The molecule has 88 valence electrons.